The van der Waals surface area contributed by atoms with Gasteiger partial charge in [-0.2, -0.15) is 0 Å². The van der Waals surface area contributed by atoms with Gasteiger partial charge in [0.05, 0.1) is 6.54 Å². The highest BCUT2D eigenvalue weighted by Crippen LogP contribution is 2.32. The highest BCUT2D eigenvalue weighted by atomic mass is 32.1. The van der Waals surface area contributed by atoms with Crippen molar-refractivity contribution in [2.75, 3.05) is 0 Å². The van der Waals surface area contributed by atoms with Crippen molar-refractivity contribution in [3.63, 3.8) is 0 Å². The number of carbonyl (C=O) groups is 1. The van der Waals surface area contributed by atoms with Crippen LogP contribution >= 0.6 is 11.3 Å². The van der Waals surface area contributed by atoms with Gasteiger partial charge in [0.1, 0.15) is 17.1 Å². The van der Waals surface area contributed by atoms with Crippen molar-refractivity contribution in [3.05, 3.63) is 52.0 Å². The van der Waals surface area contributed by atoms with Gasteiger partial charge in [-0.25, -0.2) is 4.39 Å². The van der Waals surface area contributed by atoms with Gasteiger partial charge in [0.15, 0.2) is 0 Å². The largest absolute Gasteiger partial charge is 0.507 e. The van der Waals surface area contributed by atoms with Gasteiger partial charge in [0.2, 0.25) is 0 Å². The van der Waals surface area contributed by atoms with Gasteiger partial charge >= 0.3 is 0 Å². The number of phenolic OH excluding ortho intramolecular Hbond substituents is 1. The molecule has 3 rings (SSSR count). The summed E-state index contributed by atoms with van der Waals surface area (Å²) in [5.41, 5.74) is -0.226. The van der Waals surface area contributed by atoms with Crippen LogP contribution in [0, 0.1) is 5.82 Å². The van der Waals surface area contributed by atoms with Crippen molar-refractivity contribution in [2.24, 2.45) is 0 Å². The molecule has 0 aliphatic heterocycles. The third-order valence-corrected chi connectivity index (χ3v) is 4.22. The summed E-state index contributed by atoms with van der Waals surface area (Å²) in [5, 5.41) is 11.7. The average Bonchev–Trinajstić information content (AvgIpc) is 3.12. The number of hydrogen-bond donors (Lipinski definition) is 1. The Kier molecular flexibility index (Phi) is 3.44. The van der Waals surface area contributed by atoms with E-state index in [1.807, 2.05) is 17.5 Å². The molecule has 20 heavy (non-hydrogen) atoms. The molecule has 1 fully saturated rings. The molecular weight excluding hydrogens is 277 g/mol. The smallest absolute Gasteiger partial charge is 0.261 e. The third-order valence-electron chi connectivity index (χ3n) is 3.36. The molecule has 1 saturated carbocycles. The lowest BCUT2D eigenvalue weighted by Gasteiger charge is -2.22. The fourth-order valence-corrected chi connectivity index (χ4v) is 2.89. The fourth-order valence-electron chi connectivity index (χ4n) is 2.19. The highest BCUT2D eigenvalue weighted by Gasteiger charge is 2.35. The Labute approximate surface area is 120 Å². The van der Waals surface area contributed by atoms with Gasteiger partial charge in [-0.15, -0.1) is 11.3 Å². The minimum atomic E-state index is -0.674. The molecular formula is C15H14FNO2S. The van der Waals surface area contributed by atoms with Crippen LogP contribution in [0.25, 0.3) is 0 Å². The van der Waals surface area contributed by atoms with Crippen LogP contribution in [0.5, 0.6) is 5.75 Å². The average molecular weight is 291 g/mol. The van der Waals surface area contributed by atoms with E-state index in [9.17, 15) is 14.3 Å². The number of hydrogen-bond acceptors (Lipinski definition) is 3. The second kappa shape index (κ2) is 5.25. The number of thiophene rings is 1. The van der Waals surface area contributed by atoms with E-state index in [0.717, 1.165) is 17.7 Å². The van der Waals surface area contributed by atoms with Crippen LogP contribution < -0.4 is 0 Å². The molecule has 0 atom stereocenters. The zero-order chi connectivity index (χ0) is 14.1. The lowest BCUT2D eigenvalue weighted by molar-refractivity contribution is 0.0723. The molecule has 1 aromatic carbocycles. The summed E-state index contributed by atoms with van der Waals surface area (Å²) in [6, 6.07) is 7.96. The molecule has 1 heterocycles. The Morgan fingerprint density at radius 1 is 1.35 bits per heavy atom. The fraction of sp³-hybridized carbons (Fsp3) is 0.267. The van der Waals surface area contributed by atoms with Crippen LogP contribution in [0.3, 0.4) is 0 Å². The molecule has 1 aliphatic carbocycles. The van der Waals surface area contributed by atoms with Crippen LogP contribution in [0.4, 0.5) is 4.39 Å². The summed E-state index contributed by atoms with van der Waals surface area (Å²) in [4.78, 5) is 15.2. The Balaban J connectivity index is 1.89. The summed E-state index contributed by atoms with van der Waals surface area (Å²) in [7, 11) is 0. The SMILES string of the molecule is O=C(c1c(O)cccc1F)N(Cc1cccs1)C1CC1. The molecule has 1 aromatic heterocycles. The number of benzene rings is 1. The molecule has 1 aliphatic rings. The van der Waals surface area contributed by atoms with Crippen molar-refractivity contribution >= 4 is 17.2 Å². The summed E-state index contributed by atoms with van der Waals surface area (Å²) in [6.07, 6.45) is 1.87. The first-order chi connectivity index (χ1) is 9.66. The zero-order valence-corrected chi connectivity index (χ0v) is 11.6. The van der Waals surface area contributed by atoms with Crippen LogP contribution in [0.2, 0.25) is 0 Å². The van der Waals surface area contributed by atoms with E-state index in [1.165, 1.54) is 18.2 Å². The van der Waals surface area contributed by atoms with E-state index in [2.05, 4.69) is 0 Å². The van der Waals surface area contributed by atoms with Crippen molar-refractivity contribution in [1.29, 1.82) is 0 Å². The van der Waals surface area contributed by atoms with E-state index in [1.54, 1.807) is 16.2 Å². The second-order valence-electron chi connectivity index (χ2n) is 4.88. The zero-order valence-electron chi connectivity index (χ0n) is 10.8. The number of nitrogens with zero attached hydrogens (tertiary/aromatic N) is 1. The number of halogens is 1. The maximum atomic E-state index is 13.8. The molecule has 0 spiro atoms. The third kappa shape index (κ3) is 2.54. The predicted octanol–water partition coefficient (Wildman–Crippen LogP) is 3.40. The number of amides is 1. The van der Waals surface area contributed by atoms with Gasteiger partial charge in [0, 0.05) is 10.9 Å². The summed E-state index contributed by atoms with van der Waals surface area (Å²) in [5.74, 6) is -1.41. The lowest BCUT2D eigenvalue weighted by atomic mass is 10.1. The topological polar surface area (TPSA) is 40.5 Å². The second-order valence-corrected chi connectivity index (χ2v) is 5.91. The standard InChI is InChI=1S/C15H14FNO2S/c16-12-4-1-5-13(18)14(12)15(19)17(10-6-7-10)9-11-3-2-8-20-11/h1-5,8,10,18H,6-7,9H2. The van der Waals surface area contributed by atoms with Gasteiger partial charge in [-0.05, 0) is 36.4 Å². The number of aromatic hydroxyl groups is 1. The van der Waals surface area contributed by atoms with E-state index in [0.29, 0.717) is 6.54 Å². The first kappa shape index (κ1) is 13.1. The number of carbonyl (C=O) groups excluding carboxylic acids is 1. The van der Waals surface area contributed by atoms with Gasteiger partial charge in [0.25, 0.3) is 5.91 Å². The Morgan fingerprint density at radius 2 is 2.15 bits per heavy atom. The van der Waals surface area contributed by atoms with Gasteiger partial charge in [-0.1, -0.05) is 12.1 Å². The number of rotatable bonds is 4. The molecule has 0 radical (unpaired) electrons. The maximum Gasteiger partial charge on any atom is 0.261 e. The minimum Gasteiger partial charge on any atom is -0.507 e. The Bertz CT molecular complexity index is 603. The number of phenols is 1. The molecule has 2 aromatic rings. The van der Waals surface area contributed by atoms with E-state index in [-0.39, 0.29) is 17.4 Å². The summed E-state index contributed by atoms with van der Waals surface area (Å²) >= 11 is 1.57. The highest BCUT2D eigenvalue weighted by molar-refractivity contribution is 7.09. The Hall–Kier alpha value is -1.88. The van der Waals surface area contributed by atoms with Crippen molar-refractivity contribution < 1.29 is 14.3 Å². The van der Waals surface area contributed by atoms with Crippen LogP contribution in [0.15, 0.2) is 35.7 Å². The predicted molar refractivity (Wildman–Crippen MR) is 75.3 cm³/mol. The van der Waals surface area contributed by atoms with Crippen LogP contribution in [-0.4, -0.2) is 22.0 Å². The lowest BCUT2D eigenvalue weighted by Crippen LogP contribution is -2.33. The van der Waals surface area contributed by atoms with Gasteiger partial charge < -0.3 is 10.0 Å². The molecule has 5 heteroatoms. The molecule has 3 nitrogen and oxygen atoms in total. The van der Waals surface area contributed by atoms with E-state index >= 15 is 0 Å². The molecule has 0 unspecified atom stereocenters. The van der Waals surface area contributed by atoms with Gasteiger partial charge in [-0.3, -0.25) is 4.79 Å². The van der Waals surface area contributed by atoms with Crippen molar-refractivity contribution in [1.82, 2.24) is 4.90 Å². The van der Waals surface area contributed by atoms with Crippen molar-refractivity contribution in [2.45, 2.75) is 25.4 Å². The quantitative estimate of drug-likeness (QED) is 0.938. The van der Waals surface area contributed by atoms with Crippen LogP contribution in [-0.2, 0) is 6.54 Å². The Morgan fingerprint density at radius 3 is 2.75 bits per heavy atom. The summed E-state index contributed by atoms with van der Waals surface area (Å²) < 4.78 is 13.8. The monoisotopic (exact) mass is 291 g/mol. The molecule has 1 amide bonds. The minimum absolute atomic E-state index is 0.156. The van der Waals surface area contributed by atoms with E-state index in [4.69, 9.17) is 0 Å². The maximum absolute atomic E-state index is 13.8. The molecule has 104 valence electrons. The normalized spacial score (nSPS) is 14.2. The van der Waals surface area contributed by atoms with Crippen molar-refractivity contribution in [3.8, 4) is 5.75 Å². The molecule has 0 saturated heterocycles. The van der Waals surface area contributed by atoms with E-state index < -0.39 is 11.7 Å². The van der Waals surface area contributed by atoms with Crippen LogP contribution in [0.1, 0.15) is 28.1 Å². The molecule has 0 bridgehead atoms. The summed E-state index contributed by atoms with van der Waals surface area (Å²) in [6.45, 7) is 0.467. The first-order valence-electron chi connectivity index (χ1n) is 6.47. The molecule has 1 N–H and O–H groups in total. The first-order valence-corrected chi connectivity index (χ1v) is 7.35.